The van der Waals surface area contributed by atoms with Crippen LogP contribution in [0.2, 0.25) is 0 Å². The van der Waals surface area contributed by atoms with E-state index in [9.17, 15) is 10.1 Å². The van der Waals surface area contributed by atoms with Gasteiger partial charge in [0.2, 0.25) is 0 Å². The first kappa shape index (κ1) is 12.2. The smallest absolute Gasteiger partial charge is 0.287 e. The second-order valence-corrected chi connectivity index (χ2v) is 3.89. The number of nitrogens with two attached hydrogens (primary N) is 1. The average Bonchev–Trinajstić information content (AvgIpc) is 2.40. The van der Waals surface area contributed by atoms with Gasteiger partial charge in [-0.1, -0.05) is 24.3 Å². The van der Waals surface area contributed by atoms with Gasteiger partial charge >= 0.3 is 0 Å². The predicted octanol–water partition coefficient (Wildman–Crippen LogP) is 2.16. The maximum absolute atomic E-state index is 10.5. The first-order valence-corrected chi connectivity index (χ1v) is 5.60. The van der Waals surface area contributed by atoms with Gasteiger partial charge in [-0.2, -0.15) is 0 Å². The van der Waals surface area contributed by atoms with Crippen LogP contribution in [0, 0.1) is 10.1 Å². The minimum Gasteiger partial charge on any atom is -0.330 e. The lowest BCUT2D eigenvalue weighted by molar-refractivity contribution is -0.385. The molecule has 0 atom stereocenters. The van der Waals surface area contributed by atoms with Crippen molar-refractivity contribution in [2.45, 2.75) is 6.42 Å². The van der Waals surface area contributed by atoms with Crippen molar-refractivity contribution in [3.8, 4) is 11.3 Å². The summed E-state index contributed by atoms with van der Waals surface area (Å²) < 4.78 is 0. The molecule has 2 rings (SSSR count). The average molecular weight is 243 g/mol. The Labute approximate surface area is 104 Å². The molecule has 0 spiro atoms. The zero-order valence-corrected chi connectivity index (χ0v) is 9.74. The molecule has 0 saturated heterocycles. The summed E-state index contributed by atoms with van der Waals surface area (Å²) in [6.07, 6.45) is 2.11. The molecule has 0 radical (unpaired) electrons. The van der Waals surface area contributed by atoms with E-state index in [1.54, 1.807) is 6.07 Å². The van der Waals surface area contributed by atoms with Crippen LogP contribution in [0.5, 0.6) is 0 Å². The first-order chi connectivity index (χ1) is 8.70. The van der Waals surface area contributed by atoms with Crippen molar-refractivity contribution in [2.24, 2.45) is 5.73 Å². The Kier molecular flexibility index (Phi) is 3.64. The maximum atomic E-state index is 10.5. The van der Waals surface area contributed by atoms with Gasteiger partial charge in [0.05, 0.1) is 10.6 Å². The molecule has 5 heteroatoms. The van der Waals surface area contributed by atoms with Crippen molar-refractivity contribution in [3.63, 3.8) is 0 Å². The Morgan fingerprint density at radius 2 is 1.89 bits per heavy atom. The molecule has 0 amide bonds. The summed E-state index contributed by atoms with van der Waals surface area (Å²) in [6, 6.07) is 11.0. The van der Waals surface area contributed by atoms with Crippen LogP contribution in [0.3, 0.4) is 0 Å². The van der Waals surface area contributed by atoms with Crippen molar-refractivity contribution < 1.29 is 4.92 Å². The van der Waals surface area contributed by atoms with Crippen LogP contribution in [-0.2, 0) is 6.42 Å². The van der Waals surface area contributed by atoms with E-state index < -0.39 is 4.92 Å². The molecule has 0 aliphatic heterocycles. The fourth-order valence-electron chi connectivity index (χ4n) is 1.67. The van der Waals surface area contributed by atoms with Gasteiger partial charge in [-0.15, -0.1) is 0 Å². The van der Waals surface area contributed by atoms with Crippen LogP contribution in [0.15, 0.2) is 42.6 Å². The summed E-state index contributed by atoms with van der Waals surface area (Å²) in [7, 11) is 0. The van der Waals surface area contributed by atoms with Crippen LogP contribution in [0.4, 0.5) is 5.69 Å². The molecule has 1 heterocycles. The number of nitro groups is 1. The minimum atomic E-state index is -0.457. The van der Waals surface area contributed by atoms with Crippen LogP contribution < -0.4 is 5.73 Å². The summed E-state index contributed by atoms with van der Waals surface area (Å²) >= 11 is 0. The lowest BCUT2D eigenvalue weighted by Gasteiger charge is -2.02. The molecule has 0 bridgehead atoms. The topological polar surface area (TPSA) is 82.0 Å². The van der Waals surface area contributed by atoms with Gasteiger partial charge in [-0.25, -0.2) is 4.98 Å². The highest BCUT2D eigenvalue weighted by molar-refractivity contribution is 5.60. The third-order valence-corrected chi connectivity index (χ3v) is 2.64. The third-order valence-electron chi connectivity index (χ3n) is 2.64. The van der Waals surface area contributed by atoms with Crippen molar-refractivity contribution in [2.75, 3.05) is 6.54 Å². The molecule has 5 nitrogen and oxygen atoms in total. The summed E-state index contributed by atoms with van der Waals surface area (Å²) in [5.74, 6) is 0. The highest BCUT2D eigenvalue weighted by Gasteiger charge is 2.06. The van der Waals surface area contributed by atoms with Crippen LogP contribution in [0.25, 0.3) is 11.3 Å². The number of hydrogen-bond donors (Lipinski definition) is 1. The molecule has 2 N–H and O–H groups in total. The van der Waals surface area contributed by atoms with E-state index in [0.29, 0.717) is 6.54 Å². The minimum absolute atomic E-state index is 0.00139. The number of benzene rings is 1. The molecule has 0 aliphatic rings. The van der Waals surface area contributed by atoms with Crippen molar-refractivity contribution in [3.05, 3.63) is 58.3 Å². The molecule has 0 fully saturated rings. The Morgan fingerprint density at radius 1 is 1.17 bits per heavy atom. The number of hydrogen-bond acceptors (Lipinski definition) is 4. The number of pyridine rings is 1. The second kappa shape index (κ2) is 5.37. The van der Waals surface area contributed by atoms with E-state index in [-0.39, 0.29) is 5.69 Å². The van der Waals surface area contributed by atoms with Gasteiger partial charge in [0.1, 0.15) is 6.20 Å². The van der Waals surface area contributed by atoms with E-state index in [0.717, 1.165) is 17.7 Å². The molecular formula is C13H13N3O2. The molecule has 0 unspecified atom stereocenters. The Hall–Kier alpha value is -2.27. The predicted molar refractivity (Wildman–Crippen MR) is 69.1 cm³/mol. The summed E-state index contributed by atoms with van der Waals surface area (Å²) in [5, 5.41) is 10.5. The fourth-order valence-corrected chi connectivity index (χ4v) is 1.67. The number of aromatic nitrogens is 1. The SMILES string of the molecule is NCCc1ccc(-c2ccc([N+](=O)[O-])cn2)cc1. The molecule has 18 heavy (non-hydrogen) atoms. The van der Waals surface area contributed by atoms with Crippen LogP contribution in [0.1, 0.15) is 5.56 Å². The van der Waals surface area contributed by atoms with E-state index >= 15 is 0 Å². The number of nitrogens with zero attached hydrogens (tertiary/aromatic N) is 2. The molecule has 1 aromatic heterocycles. The second-order valence-electron chi connectivity index (χ2n) is 3.89. The summed E-state index contributed by atoms with van der Waals surface area (Å²) in [4.78, 5) is 14.1. The lowest BCUT2D eigenvalue weighted by Crippen LogP contribution is -2.02. The van der Waals surface area contributed by atoms with Crippen LogP contribution in [-0.4, -0.2) is 16.5 Å². The van der Waals surface area contributed by atoms with E-state index in [2.05, 4.69) is 4.98 Å². The van der Waals surface area contributed by atoms with Gasteiger partial charge < -0.3 is 5.73 Å². The molecule has 92 valence electrons. The van der Waals surface area contributed by atoms with E-state index in [1.165, 1.54) is 17.8 Å². The fraction of sp³-hybridized carbons (Fsp3) is 0.154. The number of rotatable bonds is 4. The maximum Gasteiger partial charge on any atom is 0.287 e. The van der Waals surface area contributed by atoms with Crippen molar-refractivity contribution in [1.82, 2.24) is 4.98 Å². The van der Waals surface area contributed by atoms with Gasteiger partial charge in [0.25, 0.3) is 5.69 Å². The normalized spacial score (nSPS) is 10.3. The van der Waals surface area contributed by atoms with Gasteiger partial charge in [-0.05, 0) is 24.6 Å². The standard InChI is InChI=1S/C13H13N3O2/c14-8-7-10-1-3-11(4-2-10)13-6-5-12(9-15-13)16(17)18/h1-6,9H,7-8,14H2. The zero-order chi connectivity index (χ0) is 13.0. The highest BCUT2D eigenvalue weighted by atomic mass is 16.6. The molecule has 2 aromatic rings. The largest absolute Gasteiger partial charge is 0.330 e. The molecular weight excluding hydrogens is 230 g/mol. The summed E-state index contributed by atoms with van der Waals surface area (Å²) in [6.45, 7) is 0.620. The molecule has 1 aromatic carbocycles. The zero-order valence-electron chi connectivity index (χ0n) is 9.74. The van der Waals surface area contributed by atoms with Gasteiger partial charge in [0.15, 0.2) is 0 Å². The highest BCUT2D eigenvalue weighted by Crippen LogP contribution is 2.19. The van der Waals surface area contributed by atoms with Gasteiger partial charge in [0, 0.05) is 11.6 Å². The first-order valence-electron chi connectivity index (χ1n) is 5.60. The Morgan fingerprint density at radius 3 is 2.39 bits per heavy atom. The van der Waals surface area contributed by atoms with Crippen molar-refractivity contribution in [1.29, 1.82) is 0 Å². The van der Waals surface area contributed by atoms with E-state index in [4.69, 9.17) is 5.73 Å². The lowest BCUT2D eigenvalue weighted by atomic mass is 10.1. The Balaban J connectivity index is 2.23. The quantitative estimate of drug-likeness (QED) is 0.659. The molecule has 0 aliphatic carbocycles. The monoisotopic (exact) mass is 243 g/mol. The molecule has 0 saturated carbocycles. The van der Waals surface area contributed by atoms with Crippen LogP contribution >= 0.6 is 0 Å². The van der Waals surface area contributed by atoms with Crippen molar-refractivity contribution >= 4 is 5.69 Å². The third kappa shape index (κ3) is 2.70. The van der Waals surface area contributed by atoms with Gasteiger partial charge in [-0.3, -0.25) is 10.1 Å². The summed E-state index contributed by atoms with van der Waals surface area (Å²) in [5.41, 5.74) is 8.30. The Bertz CT molecular complexity index is 535. The van der Waals surface area contributed by atoms with E-state index in [1.807, 2.05) is 24.3 Å².